The average molecular weight is 138 g/mol. The SMILES string of the molecule is COCC1C=CC=CC1C. The van der Waals surface area contributed by atoms with Crippen LogP contribution in [0.5, 0.6) is 0 Å². The highest BCUT2D eigenvalue weighted by Crippen LogP contribution is 2.18. The molecule has 0 saturated heterocycles. The molecule has 1 aliphatic carbocycles. The highest BCUT2D eigenvalue weighted by Gasteiger charge is 2.12. The van der Waals surface area contributed by atoms with Crippen molar-refractivity contribution in [2.75, 3.05) is 13.7 Å². The van der Waals surface area contributed by atoms with E-state index in [1.165, 1.54) is 0 Å². The molecule has 1 rings (SSSR count). The van der Waals surface area contributed by atoms with Crippen molar-refractivity contribution in [2.24, 2.45) is 11.8 Å². The summed E-state index contributed by atoms with van der Waals surface area (Å²) in [5.41, 5.74) is 0. The molecule has 0 saturated carbocycles. The Balaban J connectivity index is 2.44. The minimum Gasteiger partial charge on any atom is -0.384 e. The lowest BCUT2D eigenvalue weighted by molar-refractivity contribution is 0.156. The first-order valence-corrected chi connectivity index (χ1v) is 3.68. The van der Waals surface area contributed by atoms with Crippen LogP contribution < -0.4 is 0 Å². The number of ether oxygens (including phenoxy) is 1. The van der Waals surface area contributed by atoms with Gasteiger partial charge in [-0.05, 0) is 5.92 Å². The number of methoxy groups -OCH3 is 1. The molecule has 1 aliphatic rings. The second-order valence-corrected chi connectivity index (χ2v) is 2.75. The van der Waals surface area contributed by atoms with Crippen LogP contribution in [0, 0.1) is 11.8 Å². The van der Waals surface area contributed by atoms with Crippen LogP contribution in [-0.2, 0) is 4.74 Å². The fourth-order valence-corrected chi connectivity index (χ4v) is 1.16. The standard InChI is InChI=1S/C9H14O/c1-8-5-3-4-6-9(8)7-10-2/h3-6,8-9H,7H2,1-2H3. The fraction of sp³-hybridized carbons (Fsp3) is 0.556. The lowest BCUT2D eigenvalue weighted by Gasteiger charge is -2.18. The van der Waals surface area contributed by atoms with Crippen LogP contribution in [0.2, 0.25) is 0 Å². The van der Waals surface area contributed by atoms with Crippen molar-refractivity contribution in [1.82, 2.24) is 0 Å². The third-order valence-electron chi connectivity index (χ3n) is 1.92. The third-order valence-corrected chi connectivity index (χ3v) is 1.92. The van der Waals surface area contributed by atoms with Gasteiger partial charge in [0.1, 0.15) is 0 Å². The van der Waals surface area contributed by atoms with E-state index in [0.29, 0.717) is 11.8 Å². The smallest absolute Gasteiger partial charge is 0.0530 e. The fourth-order valence-electron chi connectivity index (χ4n) is 1.16. The first-order valence-electron chi connectivity index (χ1n) is 3.68. The minimum atomic E-state index is 0.579. The van der Waals surface area contributed by atoms with E-state index in [-0.39, 0.29) is 0 Å². The number of rotatable bonds is 2. The van der Waals surface area contributed by atoms with E-state index in [2.05, 4.69) is 31.2 Å². The van der Waals surface area contributed by atoms with Gasteiger partial charge in [-0.2, -0.15) is 0 Å². The Morgan fingerprint density at radius 2 is 2.00 bits per heavy atom. The van der Waals surface area contributed by atoms with Gasteiger partial charge in [0.2, 0.25) is 0 Å². The van der Waals surface area contributed by atoms with Gasteiger partial charge in [0.25, 0.3) is 0 Å². The van der Waals surface area contributed by atoms with Crippen LogP contribution in [0.1, 0.15) is 6.92 Å². The van der Waals surface area contributed by atoms with Crippen molar-refractivity contribution >= 4 is 0 Å². The summed E-state index contributed by atoms with van der Waals surface area (Å²) in [6.07, 6.45) is 8.60. The van der Waals surface area contributed by atoms with E-state index in [1.807, 2.05) is 0 Å². The molecule has 0 aromatic heterocycles. The third kappa shape index (κ3) is 1.71. The summed E-state index contributed by atoms with van der Waals surface area (Å²) in [7, 11) is 1.75. The Kier molecular flexibility index (Phi) is 2.69. The molecule has 2 atom stereocenters. The summed E-state index contributed by atoms with van der Waals surface area (Å²) in [6.45, 7) is 3.05. The molecule has 0 aromatic carbocycles. The van der Waals surface area contributed by atoms with Crippen molar-refractivity contribution in [2.45, 2.75) is 6.92 Å². The monoisotopic (exact) mass is 138 g/mol. The lowest BCUT2D eigenvalue weighted by atomic mass is 9.91. The largest absolute Gasteiger partial charge is 0.384 e. The maximum atomic E-state index is 5.07. The Bertz CT molecular complexity index is 147. The van der Waals surface area contributed by atoms with Crippen LogP contribution in [0.3, 0.4) is 0 Å². The van der Waals surface area contributed by atoms with Crippen LogP contribution in [-0.4, -0.2) is 13.7 Å². The van der Waals surface area contributed by atoms with Crippen molar-refractivity contribution < 1.29 is 4.74 Å². The van der Waals surface area contributed by atoms with E-state index in [9.17, 15) is 0 Å². The van der Waals surface area contributed by atoms with Crippen LogP contribution in [0.25, 0.3) is 0 Å². The molecule has 56 valence electrons. The number of hydrogen-bond donors (Lipinski definition) is 0. The van der Waals surface area contributed by atoms with Gasteiger partial charge in [0, 0.05) is 13.0 Å². The topological polar surface area (TPSA) is 9.23 Å². The summed E-state index contributed by atoms with van der Waals surface area (Å²) >= 11 is 0. The molecule has 0 spiro atoms. The van der Waals surface area contributed by atoms with E-state index >= 15 is 0 Å². The maximum Gasteiger partial charge on any atom is 0.0530 e. The Hall–Kier alpha value is -0.560. The second kappa shape index (κ2) is 3.57. The van der Waals surface area contributed by atoms with Crippen LogP contribution in [0.4, 0.5) is 0 Å². The first-order chi connectivity index (χ1) is 4.84. The normalized spacial score (nSPS) is 31.0. The zero-order valence-corrected chi connectivity index (χ0v) is 6.58. The summed E-state index contributed by atoms with van der Waals surface area (Å²) < 4.78 is 5.07. The quantitative estimate of drug-likeness (QED) is 0.567. The van der Waals surface area contributed by atoms with Crippen molar-refractivity contribution in [1.29, 1.82) is 0 Å². The number of hydrogen-bond acceptors (Lipinski definition) is 1. The molecule has 0 aromatic rings. The molecular weight excluding hydrogens is 124 g/mol. The Morgan fingerprint density at radius 3 is 2.60 bits per heavy atom. The van der Waals surface area contributed by atoms with E-state index in [4.69, 9.17) is 4.74 Å². The van der Waals surface area contributed by atoms with Crippen molar-refractivity contribution in [3.05, 3.63) is 24.3 Å². The summed E-state index contributed by atoms with van der Waals surface area (Å²) in [5, 5.41) is 0. The highest BCUT2D eigenvalue weighted by molar-refractivity contribution is 5.13. The molecule has 2 unspecified atom stereocenters. The summed E-state index contributed by atoms with van der Waals surface area (Å²) in [6, 6.07) is 0. The molecule has 0 radical (unpaired) electrons. The van der Waals surface area contributed by atoms with Gasteiger partial charge >= 0.3 is 0 Å². The van der Waals surface area contributed by atoms with E-state index < -0.39 is 0 Å². The zero-order chi connectivity index (χ0) is 7.40. The molecule has 1 heteroatoms. The molecule has 0 amide bonds. The predicted octanol–water partition coefficient (Wildman–Crippen LogP) is 2.01. The summed E-state index contributed by atoms with van der Waals surface area (Å²) in [5.74, 6) is 1.21. The van der Waals surface area contributed by atoms with Gasteiger partial charge in [0.05, 0.1) is 6.61 Å². The first kappa shape index (κ1) is 7.55. The van der Waals surface area contributed by atoms with Crippen molar-refractivity contribution in [3.63, 3.8) is 0 Å². The van der Waals surface area contributed by atoms with Gasteiger partial charge in [-0.3, -0.25) is 0 Å². The second-order valence-electron chi connectivity index (χ2n) is 2.75. The average Bonchev–Trinajstić information content (AvgIpc) is 1.94. The summed E-state index contributed by atoms with van der Waals surface area (Å²) in [4.78, 5) is 0. The molecule has 0 N–H and O–H groups in total. The van der Waals surface area contributed by atoms with E-state index in [1.54, 1.807) is 7.11 Å². The van der Waals surface area contributed by atoms with Crippen LogP contribution in [0.15, 0.2) is 24.3 Å². The number of allylic oxidation sites excluding steroid dienone is 3. The van der Waals surface area contributed by atoms with Gasteiger partial charge < -0.3 is 4.74 Å². The molecule has 10 heavy (non-hydrogen) atoms. The Morgan fingerprint density at radius 1 is 1.30 bits per heavy atom. The van der Waals surface area contributed by atoms with Gasteiger partial charge in [0.15, 0.2) is 0 Å². The maximum absolute atomic E-state index is 5.07. The minimum absolute atomic E-state index is 0.579. The molecule has 0 aliphatic heterocycles. The van der Waals surface area contributed by atoms with Crippen molar-refractivity contribution in [3.8, 4) is 0 Å². The van der Waals surface area contributed by atoms with Gasteiger partial charge in [-0.15, -0.1) is 0 Å². The predicted molar refractivity (Wildman–Crippen MR) is 42.8 cm³/mol. The molecule has 0 bridgehead atoms. The highest BCUT2D eigenvalue weighted by atomic mass is 16.5. The Labute approximate surface area is 62.4 Å². The lowest BCUT2D eigenvalue weighted by Crippen LogP contribution is -2.14. The van der Waals surface area contributed by atoms with Crippen LogP contribution >= 0.6 is 0 Å². The van der Waals surface area contributed by atoms with E-state index in [0.717, 1.165) is 6.61 Å². The molecular formula is C9H14O. The molecule has 0 fully saturated rings. The molecule has 1 nitrogen and oxygen atoms in total. The van der Waals surface area contributed by atoms with Gasteiger partial charge in [-0.1, -0.05) is 31.2 Å². The molecule has 0 heterocycles. The van der Waals surface area contributed by atoms with Gasteiger partial charge in [-0.25, -0.2) is 0 Å². The zero-order valence-electron chi connectivity index (χ0n) is 6.58.